The third kappa shape index (κ3) is 2.71. The van der Waals surface area contributed by atoms with Gasteiger partial charge in [0, 0.05) is 18.4 Å². The van der Waals surface area contributed by atoms with Crippen molar-refractivity contribution >= 4 is 21.8 Å². The number of carbonyl (C=O) groups is 1. The van der Waals surface area contributed by atoms with Gasteiger partial charge in [-0.1, -0.05) is 22.0 Å². The Labute approximate surface area is 113 Å². The third-order valence-electron chi connectivity index (χ3n) is 3.30. The Balaban J connectivity index is 2.13. The molecule has 0 aliphatic carbocycles. The van der Waals surface area contributed by atoms with Crippen LogP contribution in [-0.4, -0.2) is 29.2 Å². The van der Waals surface area contributed by atoms with Gasteiger partial charge in [-0.2, -0.15) is 0 Å². The second-order valence-electron chi connectivity index (χ2n) is 4.49. The van der Waals surface area contributed by atoms with Crippen LogP contribution in [0.1, 0.15) is 23.2 Å². The maximum Gasteiger partial charge on any atom is 0.259 e. The van der Waals surface area contributed by atoms with Gasteiger partial charge in [-0.3, -0.25) is 4.79 Å². The van der Waals surface area contributed by atoms with Crippen molar-refractivity contribution in [1.29, 1.82) is 0 Å². The largest absolute Gasteiger partial charge is 0.338 e. The van der Waals surface area contributed by atoms with E-state index in [2.05, 4.69) is 15.9 Å². The van der Waals surface area contributed by atoms with Gasteiger partial charge in [0.05, 0.1) is 0 Å². The molecule has 0 atom stereocenters. The molecule has 1 aromatic carbocycles. The highest BCUT2D eigenvalue weighted by Gasteiger charge is 2.26. The van der Waals surface area contributed by atoms with Gasteiger partial charge >= 0.3 is 0 Å². The molecule has 1 saturated heterocycles. The van der Waals surface area contributed by atoms with E-state index in [9.17, 15) is 13.6 Å². The van der Waals surface area contributed by atoms with Gasteiger partial charge in [-0.25, -0.2) is 8.78 Å². The van der Waals surface area contributed by atoms with Crippen LogP contribution in [0.5, 0.6) is 0 Å². The van der Waals surface area contributed by atoms with Crippen molar-refractivity contribution in [1.82, 2.24) is 4.90 Å². The number of rotatable bonds is 2. The van der Waals surface area contributed by atoms with Crippen LogP contribution in [0.3, 0.4) is 0 Å². The summed E-state index contributed by atoms with van der Waals surface area (Å²) in [5, 5.41) is 0.906. The lowest BCUT2D eigenvalue weighted by Gasteiger charge is -2.31. The monoisotopic (exact) mass is 317 g/mol. The van der Waals surface area contributed by atoms with Crippen LogP contribution in [0.4, 0.5) is 8.78 Å². The molecule has 18 heavy (non-hydrogen) atoms. The van der Waals surface area contributed by atoms with Crippen LogP contribution in [0.2, 0.25) is 0 Å². The standard InChI is InChI=1S/C13H14BrF2NO/c14-8-9-4-6-17(7-5-9)13(18)12-10(15)2-1-3-11(12)16/h1-3,9H,4-8H2. The molecule has 0 radical (unpaired) electrons. The highest BCUT2D eigenvalue weighted by Crippen LogP contribution is 2.22. The molecule has 0 saturated carbocycles. The van der Waals surface area contributed by atoms with E-state index in [-0.39, 0.29) is 0 Å². The molecule has 5 heteroatoms. The lowest BCUT2D eigenvalue weighted by atomic mass is 9.98. The Morgan fingerprint density at radius 1 is 1.28 bits per heavy atom. The zero-order chi connectivity index (χ0) is 13.1. The van der Waals surface area contributed by atoms with E-state index in [1.54, 1.807) is 0 Å². The highest BCUT2D eigenvalue weighted by molar-refractivity contribution is 9.09. The number of carbonyl (C=O) groups excluding carboxylic acids is 1. The number of nitrogens with zero attached hydrogens (tertiary/aromatic N) is 1. The summed E-state index contributed by atoms with van der Waals surface area (Å²) in [6.07, 6.45) is 1.74. The molecule has 0 N–H and O–H groups in total. The van der Waals surface area contributed by atoms with Gasteiger partial charge in [0.2, 0.25) is 0 Å². The Kier molecular flexibility index (Phi) is 4.32. The molecule has 0 aromatic heterocycles. The van der Waals surface area contributed by atoms with Crippen molar-refractivity contribution in [2.45, 2.75) is 12.8 Å². The number of amides is 1. The lowest BCUT2D eigenvalue weighted by Crippen LogP contribution is -2.39. The Morgan fingerprint density at radius 3 is 2.33 bits per heavy atom. The van der Waals surface area contributed by atoms with Crippen LogP contribution >= 0.6 is 15.9 Å². The van der Waals surface area contributed by atoms with Crippen LogP contribution in [-0.2, 0) is 0 Å². The Bertz CT molecular complexity index is 424. The molecule has 0 spiro atoms. The molecular formula is C13H14BrF2NO. The predicted octanol–water partition coefficient (Wildman–Crippen LogP) is 3.21. The maximum absolute atomic E-state index is 13.5. The molecule has 1 aliphatic rings. The molecule has 2 nitrogen and oxygen atoms in total. The average Bonchev–Trinajstić information content (AvgIpc) is 2.38. The first-order valence-corrected chi connectivity index (χ1v) is 7.05. The van der Waals surface area contributed by atoms with E-state index < -0.39 is 23.1 Å². The van der Waals surface area contributed by atoms with E-state index >= 15 is 0 Å². The summed E-state index contributed by atoms with van der Waals surface area (Å²) < 4.78 is 27.0. The molecule has 2 rings (SSSR count). The number of hydrogen-bond donors (Lipinski definition) is 0. The van der Waals surface area contributed by atoms with Crippen LogP contribution in [0.15, 0.2) is 18.2 Å². The van der Waals surface area contributed by atoms with Crippen LogP contribution in [0.25, 0.3) is 0 Å². The Morgan fingerprint density at radius 2 is 1.83 bits per heavy atom. The minimum Gasteiger partial charge on any atom is -0.338 e. The minimum atomic E-state index is -0.789. The first kappa shape index (κ1) is 13.5. The van der Waals surface area contributed by atoms with Gasteiger partial charge in [-0.15, -0.1) is 0 Å². The fraction of sp³-hybridized carbons (Fsp3) is 0.462. The topological polar surface area (TPSA) is 20.3 Å². The first-order valence-electron chi connectivity index (χ1n) is 5.92. The average molecular weight is 318 g/mol. The molecule has 1 aliphatic heterocycles. The molecule has 0 bridgehead atoms. The SMILES string of the molecule is O=C(c1c(F)cccc1F)N1CCC(CBr)CC1. The molecule has 1 heterocycles. The number of halogens is 3. The summed E-state index contributed by atoms with van der Waals surface area (Å²) in [5.41, 5.74) is -0.435. The van der Waals surface area contributed by atoms with Crippen molar-refractivity contribution in [3.63, 3.8) is 0 Å². The van der Waals surface area contributed by atoms with E-state index in [0.29, 0.717) is 19.0 Å². The molecule has 1 amide bonds. The van der Waals surface area contributed by atoms with Gasteiger partial charge in [-0.05, 0) is 30.9 Å². The van der Waals surface area contributed by atoms with Crippen molar-refractivity contribution in [3.05, 3.63) is 35.4 Å². The van der Waals surface area contributed by atoms with Gasteiger partial charge in [0.1, 0.15) is 17.2 Å². The zero-order valence-electron chi connectivity index (χ0n) is 9.83. The van der Waals surface area contributed by atoms with E-state index in [0.717, 1.165) is 30.3 Å². The number of hydrogen-bond acceptors (Lipinski definition) is 1. The number of piperidine rings is 1. The van der Waals surface area contributed by atoms with E-state index in [1.807, 2.05) is 0 Å². The van der Waals surface area contributed by atoms with Crippen molar-refractivity contribution in [3.8, 4) is 0 Å². The fourth-order valence-electron chi connectivity index (χ4n) is 2.15. The Hall–Kier alpha value is -0.970. The fourth-order valence-corrected chi connectivity index (χ4v) is 2.80. The second kappa shape index (κ2) is 5.78. The maximum atomic E-state index is 13.5. The van der Waals surface area contributed by atoms with E-state index in [1.165, 1.54) is 11.0 Å². The van der Waals surface area contributed by atoms with Crippen LogP contribution < -0.4 is 0 Å². The highest BCUT2D eigenvalue weighted by atomic mass is 79.9. The quantitative estimate of drug-likeness (QED) is 0.767. The van der Waals surface area contributed by atoms with Gasteiger partial charge in [0.15, 0.2) is 0 Å². The predicted molar refractivity (Wildman–Crippen MR) is 68.8 cm³/mol. The van der Waals surface area contributed by atoms with Gasteiger partial charge in [0.25, 0.3) is 5.91 Å². The summed E-state index contributed by atoms with van der Waals surface area (Å²) in [5.74, 6) is -1.58. The van der Waals surface area contributed by atoms with Crippen LogP contribution in [0, 0.1) is 17.6 Å². The number of benzene rings is 1. The second-order valence-corrected chi connectivity index (χ2v) is 5.13. The first-order chi connectivity index (χ1) is 8.63. The van der Waals surface area contributed by atoms with Crippen molar-refractivity contribution in [2.75, 3.05) is 18.4 Å². The molecule has 98 valence electrons. The minimum absolute atomic E-state index is 0.435. The normalized spacial score (nSPS) is 16.9. The number of likely N-dealkylation sites (tertiary alicyclic amines) is 1. The summed E-state index contributed by atoms with van der Waals surface area (Å²) in [7, 11) is 0. The van der Waals surface area contributed by atoms with Gasteiger partial charge < -0.3 is 4.90 Å². The molecule has 0 unspecified atom stereocenters. The molecular weight excluding hydrogens is 304 g/mol. The summed E-state index contributed by atoms with van der Waals surface area (Å²) in [6, 6.07) is 3.49. The van der Waals surface area contributed by atoms with Crippen molar-refractivity contribution < 1.29 is 13.6 Å². The number of alkyl halides is 1. The lowest BCUT2D eigenvalue weighted by molar-refractivity contribution is 0.0689. The molecule has 1 fully saturated rings. The van der Waals surface area contributed by atoms with E-state index in [4.69, 9.17) is 0 Å². The smallest absolute Gasteiger partial charge is 0.259 e. The van der Waals surface area contributed by atoms with Crippen molar-refractivity contribution in [2.24, 2.45) is 5.92 Å². The molecule has 1 aromatic rings. The third-order valence-corrected chi connectivity index (χ3v) is 4.21. The summed E-state index contributed by atoms with van der Waals surface area (Å²) in [6.45, 7) is 1.12. The summed E-state index contributed by atoms with van der Waals surface area (Å²) >= 11 is 3.41. The summed E-state index contributed by atoms with van der Waals surface area (Å²) in [4.78, 5) is 13.6. The zero-order valence-corrected chi connectivity index (χ0v) is 11.4.